The van der Waals surface area contributed by atoms with Gasteiger partial charge in [-0.1, -0.05) is 30.3 Å². The van der Waals surface area contributed by atoms with Crippen LogP contribution in [0.4, 0.5) is 15.8 Å². The van der Waals surface area contributed by atoms with E-state index in [1.165, 1.54) is 18.2 Å². The predicted octanol–water partition coefficient (Wildman–Crippen LogP) is 4.65. The molecular weight excluding hydrogens is 339 g/mol. The van der Waals surface area contributed by atoms with Gasteiger partial charge in [0.25, 0.3) is 0 Å². The fraction of sp³-hybridized carbons (Fsp3) is 0. The maximum Gasteiger partial charge on any atom is 0.306 e. The van der Waals surface area contributed by atoms with E-state index in [9.17, 15) is 19.3 Å². The minimum Gasteiger partial charge on any atom is -0.457 e. The average Bonchev–Trinajstić information content (AvgIpc) is 3.11. The van der Waals surface area contributed by atoms with E-state index in [1.807, 2.05) is 30.3 Å². The largest absolute Gasteiger partial charge is 0.457 e. The lowest BCUT2D eigenvalue weighted by molar-refractivity contribution is -0.387. The Bertz CT molecular complexity index is 980. The van der Waals surface area contributed by atoms with E-state index in [0.717, 1.165) is 17.7 Å². The van der Waals surface area contributed by atoms with Crippen molar-refractivity contribution in [2.45, 2.75) is 0 Å². The molecule has 0 aliphatic heterocycles. The van der Waals surface area contributed by atoms with Gasteiger partial charge in [-0.15, -0.1) is 0 Å². The molecule has 0 fully saturated rings. The molecule has 1 N–H and O–H groups in total. The molecule has 1 heterocycles. The molecule has 1 aromatic heterocycles. The van der Waals surface area contributed by atoms with Gasteiger partial charge < -0.3 is 9.73 Å². The second-order valence-electron chi connectivity index (χ2n) is 5.31. The summed E-state index contributed by atoms with van der Waals surface area (Å²) >= 11 is 0. The van der Waals surface area contributed by atoms with Crippen LogP contribution in [0.25, 0.3) is 17.4 Å². The number of hydrogen-bond acceptors (Lipinski definition) is 4. The standard InChI is InChI=1S/C19H13FN2O4/c20-16-9-6-14(12-17(16)22(24)25)21-19(23)11-8-15-7-10-18(26-15)13-4-2-1-3-5-13/h1-12H,(H,21,23)/b11-8+. The quantitative estimate of drug-likeness (QED) is 0.411. The number of hydrogen-bond donors (Lipinski definition) is 1. The van der Waals surface area contributed by atoms with Crippen LogP contribution in [0.5, 0.6) is 0 Å². The van der Waals surface area contributed by atoms with Gasteiger partial charge in [0.15, 0.2) is 0 Å². The normalized spacial score (nSPS) is 10.8. The zero-order valence-corrected chi connectivity index (χ0v) is 13.4. The number of amides is 1. The van der Waals surface area contributed by atoms with Gasteiger partial charge in [0.1, 0.15) is 11.5 Å². The van der Waals surface area contributed by atoms with Crippen molar-refractivity contribution in [3.63, 3.8) is 0 Å². The lowest BCUT2D eigenvalue weighted by Gasteiger charge is -2.02. The topological polar surface area (TPSA) is 85.4 Å². The maximum atomic E-state index is 13.3. The lowest BCUT2D eigenvalue weighted by Crippen LogP contribution is -2.08. The Hall–Kier alpha value is -3.74. The summed E-state index contributed by atoms with van der Waals surface area (Å²) in [6.45, 7) is 0. The van der Waals surface area contributed by atoms with Gasteiger partial charge in [0.2, 0.25) is 11.7 Å². The molecule has 3 rings (SSSR count). The highest BCUT2D eigenvalue weighted by Gasteiger charge is 2.14. The first-order chi connectivity index (χ1) is 12.5. The molecule has 0 saturated heterocycles. The van der Waals surface area contributed by atoms with E-state index in [2.05, 4.69) is 5.32 Å². The Labute approximate surface area is 147 Å². The summed E-state index contributed by atoms with van der Waals surface area (Å²) in [6, 6.07) is 16.1. The highest BCUT2D eigenvalue weighted by Crippen LogP contribution is 2.23. The van der Waals surface area contributed by atoms with Gasteiger partial charge in [-0.2, -0.15) is 4.39 Å². The van der Waals surface area contributed by atoms with E-state index in [-0.39, 0.29) is 5.69 Å². The predicted molar refractivity (Wildman–Crippen MR) is 94.9 cm³/mol. The molecule has 0 unspecified atom stereocenters. The zero-order valence-electron chi connectivity index (χ0n) is 13.4. The molecule has 2 aromatic carbocycles. The van der Waals surface area contributed by atoms with E-state index < -0.39 is 22.3 Å². The summed E-state index contributed by atoms with van der Waals surface area (Å²) in [5.74, 6) is -0.347. The van der Waals surface area contributed by atoms with Gasteiger partial charge in [-0.25, -0.2) is 0 Å². The van der Waals surface area contributed by atoms with Crippen LogP contribution in [0.1, 0.15) is 5.76 Å². The second-order valence-corrected chi connectivity index (χ2v) is 5.31. The number of carbonyl (C=O) groups is 1. The number of nitrogens with zero attached hydrogens (tertiary/aromatic N) is 1. The summed E-state index contributed by atoms with van der Waals surface area (Å²) in [5.41, 5.74) is 0.331. The highest BCUT2D eigenvalue weighted by atomic mass is 19.1. The van der Waals surface area contributed by atoms with Crippen LogP contribution >= 0.6 is 0 Å². The van der Waals surface area contributed by atoms with Crippen LogP contribution in [0.15, 0.2) is 71.2 Å². The van der Waals surface area contributed by atoms with Gasteiger partial charge in [0, 0.05) is 23.4 Å². The van der Waals surface area contributed by atoms with Crippen molar-refractivity contribution in [3.8, 4) is 11.3 Å². The first-order valence-corrected chi connectivity index (χ1v) is 7.61. The Balaban J connectivity index is 1.68. The monoisotopic (exact) mass is 352 g/mol. The molecule has 0 spiro atoms. The Morgan fingerprint density at radius 3 is 2.62 bits per heavy atom. The van der Waals surface area contributed by atoms with E-state index >= 15 is 0 Å². The van der Waals surface area contributed by atoms with Crippen LogP contribution < -0.4 is 5.32 Å². The minimum atomic E-state index is -0.965. The molecule has 0 aliphatic rings. The average molecular weight is 352 g/mol. The molecule has 130 valence electrons. The molecule has 0 radical (unpaired) electrons. The maximum absolute atomic E-state index is 13.3. The number of nitro groups is 1. The number of halogens is 1. The number of nitrogens with one attached hydrogen (secondary N) is 1. The van der Waals surface area contributed by atoms with Crippen LogP contribution in [0, 0.1) is 15.9 Å². The van der Waals surface area contributed by atoms with Crippen LogP contribution in [-0.2, 0) is 4.79 Å². The number of benzene rings is 2. The highest BCUT2D eigenvalue weighted by molar-refractivity contribution is 6.01. The lowest BCUT2D eigenvalue weighted by atomic mass is 10.2. The van der Waals surface area contributed by atoms with Crippen molar-refractivity contribution in [2.24, 2.45) is 0 Å². The van der Waals surface area contributed by atoms with Gasteiger partial charge >= 0.3 is 5.69 Å². The summed E-state index contributed by atoms with van der Waals surface area (Å²) in [7, 11) is 0. The van der Waals surface area contributed by atoms with Crippen LogP contribution in [0.3, 0.4) is 0 Å². The van der Waals surface area contributed by atoms with E-state index in [1.54, 1.807) is 12.1 Å². The van der Waals surface area contributed by atoms with Gasteiger partial charge in [0.05, 0.1) is 4.92 Å². The van der Waals surface area contributed by atoms with Crippen molar-refractivity contribution >= 4 is 23.4 Å². The smallest absolute Gasteiger partial charge is 0.306 e. The number of anilines is 1. The Kier molecular flexibility index (Phi) is 4.89. The Morgan fingerprint density at radius 1 is 1.12 bits per heavy atom. The van der Waals surface area contributed by atoms with Gasteiger partial charge in [-0.3, -0.25) is 14.9 Å². The summed E-state index contributed by atoms with van der Waals surface area (Å²) in [4.78, 5) is 21.8. The SMILES string of the molecule is O=C(/C=C/c1ccc(-c2ccccc2)o1)Nc1ccc(F)c([N+](=O)[O-])c1. The number of carbonyl (C=O) groups excluding carboxylic acids is 1. The first kappa shape index (κ1) is 17.1. The third kappa shape index (κ3) is 4.02. The fourth-order valence-electron chi connectivity index (χ4n) is 2.27. The zero-order chi connectivity index (χ0) is 18.5. The third-order valence-electron chi connectivity index (χ3n) is 3.49. The van der Waals surface area contributed by atoms with Crippen molar-refractivity contribution < 1.29 is 18.5 Å². The van der Waals surface area contributed by atoms with E-state index in [4.69, 9.17) is 4.42 Å². The van der Waals surface area contributed by atoms with E-state index in [0.29, 0.717) is 11.5 Å². The number of nitro benzene ring substituents is 1. The molecule has 0 bridgehead atoms. The minimum absolute atomic E-state index is 0.122. The molecule has 7 heteroatoms. The first-order valence-electron chi connectivity index (χ1n) is 7.61. The number of furan rings is 1. The number of rotatable bonds is 5. The molecular formula is C19H13FN2O4. The van der Waals surface area contributed by atoms with Crippen LogP contribution in [-0.4, -0.2) is 10.8 Å². The molecule has 0 atom stereocenters. The summed E-state index contributed by atoms with van der Waals surface area (Å²) in [6.07, 6.45) is 2.70. The molecule has 0 saturated carbocycles. The second kappa shape index (κ2) is 7.43. The van der Waals surface area contributed by atoms with Crippen molar-refractivity contribution in [1.82, 2.24) is 0 Å². The Morgan fingerprint density at radius 2 is 1.88 bits per heavy atom. The summed E-state index contributed by atoms with van der Waals surface area (Å²) < 4.78 is 18.9. The summed E-state index contributed by atoms with van der Waals surface area (Å²) in [5, 5.41) is 13.2. The molecule has 26 heavy (non-hydrogen) atoms. The third-order valence-corrected chi connectivity index (χ3v) is 3.49. The molecule has 0 aliphatic carbocycles. The van der Waals surface area contributed by atoms with Crippen molar-refractivity contribution in [3.05, 3.63) is 88.4 Å². The van der Waals surface area contributed by atoms with Crippen molar-refractivity contribution in [1.29, 1.82) is 0 Å². The molecule has 3 aromatic rings. The van der Waals surface area contributed by atoms with Crippen LogP contribution in [0.2, 0.25) is 0 Å². The molecule has 1 amide bonds. The fourth-order valence-corrected chi connectivity index (χ4v) is 2.27. The van der Waals surface area contributed by atoms with Crippen molar-refractivity contribution in [2.75, 3.05) is 5.32 Å². The van der Waals surface area contributed by atoms with Gasteiger partial charge in [-0.05, 0) is 30.3 Å². The molecule has 6 nitrogen and oxygen atoms in total.